The molecule has 1 aromatic carbocycles. The topological polar surface area (TPSA) is 27.6 Å². The van der Waals surface area contributed by atoms with Gasteiger partial charge in [0.25, 0.3) is 0 Å². The van der Waals surface area contributed by atoms with E-state index < -0.39 is 0 Å². The Morgan fingerprint density at radius 2 is 2.06 bits per heavy atom. The standard InChI is InChI=1S/C13H19N3S/c1-16(2)9-7-11-3-5-12(6-4-11)15-13-14-8-10-17-13/h3-6H,7-10H2,1-2H3,(H,14,15). The number of amidine groups is 1. The van der Waals surface area contributed by atoms with Gasteiger partial charge in [-0.25, -0.2) is 0 Å². The van der Waals surface area contributed by atoms with Gasteiger partial charge in [0.15, 0.2) is 5.17 Å². The minimum atomic E-state index is 0.938. The second kappa shape index (κ2) is 6.07. The molecule has 0 atom stereocenters. The molecule has 0 saturated heterocycles. The van der Waals surface area contributed by atoms with Crippen molar-refractivity contribution < 1.29 is 0 Å². The third-order valence-corrected chi connectivity index (χ3v) is 3.53. The Bertz CT molecular complexity index is 384. The van der Waals surface area contributed by atoms with Crippen LogP contribution in [0.3, 0.4) is 0 Å². The van der Waals surface area contributed by atoms with Crippen molar-refractivity contribution in [3.05, 3.63) is 29.8 Å². The van der Waals surface area contributed by atoms with Crippen LogP contribution in [0.5, 0.6) is 0 Å². The van der Waals surface area contributed by atoms with Crippen LogP contribution in [0, 0.1) is 0 Å². The lowest BCUT2D eigenvalue weighted by molar-refractivity contribution is 0.413. The Labute approximate surface area is 107 Å². The summed E-state index contributed by atoms with van der Waals surface area (Å²) >= 11 is 1.79. The van der Waals surface area contributed by atoms with E-state index in [2.05, 4.69) is 53.6 Å². The third-order valence-electron chi connectivity index (χ3n) is 2.64. The molecule has 0 amide bonds. The van der Waals surface area contributed by atoms with E-state index in [1.807, 2.05) is 0 Å². The number of nitrogens with zero attached hydrogens (tertiary/aromatic N) is 2. The number of nitrogens with one attached hydrogen (secondary N) is 1. The molecule has 1 aliphatic rings. The summed E-state index contributed by atoms with van der Waals surface area (Å²) in [6.45, 7) is 2.03. The van der Waals surface area contributed by atoms with Crippen molar-refractivity contribution in [2.24, 2.45) is 4.99 Å². The van der Waals surface area contributed by atoms with E-state index in [4.69, 9.17) is 0 Å². The zero-order valence-electron chi connectivity index (χ0n) is 10.4. The minimum Gasteiger partial charge on any atom is -0.335 e. The van der Waals surface area contributed by atoms with Crippen LogP contribution >= 0.6 is 11.8 Å². The van der Waals surface area contributed by atoms with Crippen LogP contribution in [0.1, 0.15) is 5.56 Å². The van der Waals surface area contributed by atoms with Gasteiger partial charge in [-0.3, -0.25) is 4.99 Å². The number of hydrogen-bond donors (Lipinski definition) is 1. The average Bonchev–Trinajstić information content (AvgIpc) is 2.81. The quantitative estimate of drug-likeness (QED) is 0.887. The van der Waals surface area contributed by atoms with Gasteiger partial charge < -0.3 is 10.2 Å². The SMILES string of the molecule is CN(C)CCc1ccc(NC2=NCCS2)cc1. The molecule has 0 saturated carbocycles. The molecule has 4 heteroatoms. The average molecular weight is 249 g/mol. The van der Waals surface area contributed by atoms with Crippen molar-refractivity contribution in [1.82, 2.24) is 4.90 Å². The van der Waals surface area contributed by atoms with Gasteiger partial charge in [-0.2, -0.15) is 0 Å². The van der Waals surface area contributed by atoms with Crippen molar-refractivity contribution >= 4 is 22.6 Å². The first-order chi connectivity index (χ1) is 8.24. The first-order valence-electron chi connectivity index (χ1n) is 5.92. The molecule has 1 aliphatic heterocycles. The Hall–Kier alpha value is -1.00. The van der Waals surface area contributed by atoms with Crippen LogP contribution in [-0.4, -0.2) is 43.0 Å². The molecule has 17 heavy (non-hydrogen) atoms. The van der Waals surface area contributed by atoms with Crippen molar-refractivity contribution in [3.63, 3.8) is 0 Å². The fraction of sp³-hybridized carbons (Fsp3) is 0.462. The lowest BCUT2D eigenvalue weighted by Gasteiger charge is -2.10. The molecule has 0 spiro atoms. The second-order valence-corrected chi connectivity index (χ2v) is 5.49. The van der Waals surface area contributed by atoms with E-state index in [0.717, 1.165) is 36.1 Å². The molecular formula is C13H19N3S. The normalized spacial score (nSPS) is 15.1. The lowest BCUT2D eigenvalue weighted by Crippen LogP contribution is -2.15. The fourth-order valence-corrected chi connectivity index (χ4v) is 2.39. The summed E-state index contributed by atoms with van der Waals surface area (Å²) in [5.74, 6) is 1.10. The lowest BCUT2D eigenvalue weighted by atomic mass is 10.1. The maximum absolute atomic E-state index is 4.37. The number of thioether (sulfide) groups is 1. The molecular weight excluding hydrogens is 230 g/mol. The first-order valence-corrected chi connectivity index (χ1v) is 6.90. The Kier molecular flexibility index (Phi) is 4.45. The predicted molar refractivity (Wildman–Crippen MR) is 77.1 cm³/mol. The Morgan fingerprint density at radius 3 is 2.65 bits per heavy atom. The highest BCUT2D eigenvalue weighted by atomic mass is 32.2. The maximum Gasteiger partial charge on any atom is 0.161 e. The third kappa shape index (κ3) is 4.06. The summed E-state index contributed by atoms with van der Waals surface area (Å²) in [6.07, 6.45) is 1.10. The van der Waals surface area contributed by atoms with Gasteiger partial charge in [0.2, 0.25) is 0 Å². The Morgan fingerprint density at radius 1 is 1.29 bits per heavy atom. The number of benzene rings is 1. The minimum absolute atomic E-state index is 0.938. The summed E-state index contributed by atoms with van der Waals surface area (Å²) in [4.78, 5) is 6.58. The number of rotatable bonds is 4. The van der Waals surface area contributed by atoms with Crippen LogP contribution in [0.25, 0.3) is 0 Å². The number of likely N-dealkylation sites (N-methyl/N-ethyl adjacent to an activating group) is 1. The smallest absolute Gasteiger partial charge is 0.161 e. The van der Waals surface area contributed by atoms with Crippen LogP contribution in [0.2, 0.25) is 0 Å². The summed E-state index contributed by atoms with van der Waals surface area (Å²) in [5.41, 5.74) is 2.51. The zero-order valence-corrected chi connectivity index (χ0v) is 11.3. The van der Waals surface area contributed by atoms with Crippen LogP contribution < -0.4 is 5.32 Å². The summed E-state index contributed by atoms with van der Waals surface area (Å²) in [6, 6.07) is 8.64. The van der Waals surface area contributed by atoms with E-state index in [-0.39, 0.29) is 0 Å². The molecule has 0 aliphatic carbocycles. The number of hydrogen-bond acceptors (Lipinski definition) is 4. The number of anilines is 1. The maximum atomic E-state index is 4.37. The highest BCUT2D eigenvalue weighted by Gasteiger charge is 2.06. The van der Waals surface area contributed by atoms with E-state index in [9.17, 15) is 0 Å². The molecule has 0 bridgehead atoms. The van der Waals surface area contributed by atoms with Gasteiger partial charge in [-0.15, -0.1) is 0 Å². The van der Waals surface area contributed by atoms with Crippen LogP contribution in [0.4, 0.5) is 5.69 Å². The molecule has 3 nitrogen and oxygen atoms in total. The van der Waals surface area contributed by atoms with E-state index >= 15 is 0 Å². The van der Waals surface area contributed by atoms with Gasteiger partial charge in [-0.05, 0) is 38.2 Å². The fourth-order valence-electron chi connectivity index (χ4n) is 1.64. The zero-order chi connectivity index (χ0) is 12.1. The summed E-state index contributed by atoms with van der Waals surface area (Å²) in [5, 5.41) is 4.38. The van der Waals surface area contributed by atoms with Crippen molar-refractivity contribution in [2.75, 3.05) is 38.3 Å². The highest BCUT2D eigenvalue weighted by molar-refractivity contribution is 8.14. The van der Waals surface area contributed by atoms with Gasteiger partial charge in [0.05, 0.1) is 6.54 Å². The highest BCUT2D eigenvalue weighted by Crippen LogP contribution is 2.16. The van der Waals surface area contributed by atoms with Gasteiger partial charge in [-0.1, -0.05) is 23.9 Å². The van der Waals surface area contributed by atoms with E-state index in [0.29, 0.717) is 0 Å². The molecule has 1 heterocycles. The second-order valence-electron chi connectivity index (χ2n) is 4.41. The summed E-state index contributed by atoms with van der Waals surface area (Å²) in [7, 11) is 4.21. The molecule has 2 rings (SSSR count). The van der Waals surface area contributed by atoms with Crippen LogP contribution in [-0.2, 0) is 6.42 Å². The molecule has 0 fully saturated rings. The Balaban J connectivity index is 1.88. The summed E-state index contributed by atoms with van der Waals surface area (Å²) < 4.78 is 0. The van der Waals surface area contributed by atoms with Crippen molar-refractivity contribution in [3.8, 4) is 0 Å². The molecule has 0 aromatic heterocycles. The van der Waals surface area contributed by atoms with Crippen molar-refractivity contribution in [2.45, 2.75) is 6.42 Å². The van der Waals surface area contributed by atoms with Gasteiger partial charge >= 0.3 is 0 Å². The molecule has 0 unspecified atom stereocenters. The van der Waals surface area contributed by atoms with Crippen molar-refractivity contribution in [1.29, 1.82) is 0 Å². The van der Waals surface area contributed by atoms with E-state index in [1.165, 1.54) is 5.56 Å². The molecule has 1 aromatic rings. The predicted octanol–water partition coefficient (Wildman–Crippen LogP) is 2.31. The van der Waals surface area contributed by atoms with E-state index in [1.54, 1.807) is 11.8 Å². The first kappa shape index (κ1) is 12.5. The van der Waals surface area contributed by atoms with Gasteiger partial charge in [0.1, 0.15) is 0 Å². The monoisotopic (exact) mass is 249 g/mol. The van der Waals surface area contributed by atoms with Gasteiger partial charge in [0, 0.05) is 18.0 Å². The molecule has 92 valence electrons. The largest absolute Gasteiger partial charge is 0.335 e. The van der Waals surface area contributed by atoms with Crippen LogP contribution in [0.15, 0.2) is 29.3 Å². The number of aliphatic imine (C=N–C) groups is 1. The molecule has 0 radical (unpaired) electrons. The molecule has 1 N–H and O–H groups in total.